The lowest BCUT2D eigenvalue weighted by Gasteiger charge is -2.14. The van der Waals surface area contributed by atoms with Gasteiger partial charge in [0.2, 0.25) is 5.88 Å². The molecule has 0 amide bonds. The normalized spacial score (nSPS) is 11.6. The molecule has 0 spiro atoms. The van der Waals surface area contributed by atoms with Gasteiger partial charge in [-0.3, -0.25) is 0 Å². The van der Waals surface area contributed by atoms with Gasteiger partial charge in [0.25, 0.3) is 0 Å². The van der Waals surface area contributed by atoms with Crippen LogP contribution in [0.3, 0.4) is 0 Å². The van der Waals surface area contributed by atoms with Gasteiger partial charge in [-0.2, -0.15) is 10.2 Å². The molecule has 1 aliphatic rings. The van der Waals surface area contributed by atoms with Gasteiger partial charge < -0.3 is 24.8 Å². The summed E-state index contributed by atoms with van der Waals surface area (Å²) in [6.07, 6.45) is 4.81. The summed E-state index contributed by atoms with van der Waals surface area (Å²) in [4.78, 5) is 8.65. The van der Waals surface area contributed by atoms with Crippen LogP contribution in [-0.4, -0.2) is 38.7 Å². The Labute approximate surface area is 194 Å². The Morgan fingerprint density at radius 3 is 3.00 bits per heavy atom. The van der Waals surface area contributed by atoms with Crippen LogP contribution in [0.5, 0.6) is 23.1 Å². The van der Waals surface area contributed by atoms with Crippen LogP contribution in [0.15, 0.2) is 55.1 Å². The second-order valence-electron chi connectivity index (χ2n) is 7.30. The number of anilines is 3. The first-order valence-electron chi connectivity index (χ1n) is 10.4. The SMILES string of the molecule is COc1cc2c(cc1OCCn1ccnn1)CNc1c(Nc3cccc(C#N)c3)ncnc1O2. The molecule has 0 radical (unpaired) electrons. The highest BCUT2D eigenvalue weighted by Crippen LogP contribution is 2.42. The summed E-state index contributed by atoms with van der Waals surface area (Å²) in [5.41, 5.74) is 2.75. The number of rotatable bonds is 7. The first kappa shape index (κ1) is 21.0. The zero-order chi connectivity index (χ0) is 23.3. The van der Waals surface area contributed by atoms with Crippen molar-refractivity contribution in [1.29, 1.82) is 5.26 Å². The van der Waals surface area contributed by atoms with Crippen LogP contribution in [0.2, 0.25) is 0 Å². The standard InChI is InChI=1S/C23H20N8O3/c1-32-19-11-18-16(10-20(19)33-8-7-31-6-5-28-30-31)13-25-21-22(26-14-27-23(21)34-18)29-17-4-2-3-15(9-17)12-24/h2-6,9-11,14,25H,7-8,13H2,1H3,(H,26,27,29). The molecular formula is C23H20N8O3. The number of nitrogens with zero attached hydrogens (tertiary/aromatic N) is 6. The fourth-order valence-electron chi connectivity index (χ4n) is 3.48. The number of aromatic nitrogens is 5. The minimum Gasteiger partial charge on any atom is -0.493 e. The Bertz CT molecular complexity index is 1350. The molecule has 0 atom stereocenters. The van der Waals surface area contributed by atoms with Gasteiger partial charge >= 0.3 is 0 Å². The number of nitrogens with one attached hydrogen (secondary N) is 2. The Morgan fingerprint density at radius 2 is 2.18 bits per heavy atom. The lowest BCUT2D eigenvalue weighted by atomic mass is 10.1. The maximum absolute atomic E-state index is 9.16. The monoisotopic (exact) mass is 456 g/mol. The zero-order valence-electron chi connectivity index (χ0n) is 18.2. The molecule has 11 heteroatoms. The number of hydrogen-bond donors (Lipinski definition) is 2. The predicted octanol–water partition coefficient (Wildman–Crippen LogP) is 3.49. The second kappa shape index (κ2) is 9.33. The molecule has 0 fully saturated rings. The summed E-state index contributed by atoms with van der Waals surface area (Å²) in [7, 11) is 1.58. The van der Waals surface area contributed by atoms with Gasteiger partial charge in [-0.15, -0.1) is 5.10 Å². The molecular weight excluding hydrogens is 436 g/mol. The first-order chi connectivity index (χ1) is 16.7. The van der Waals surface area contributed by atoms with E-state index in [1.54, 1.807) is 48.5 Å². The van der Waals surface area contributed by atoms with Gasteiger partial charge in [0.05, 0.1) is 31.5 Å². The minimum atomic E-state index is 0.370. The lowest BCUT2D eigenvalue weighted by molar-refractivity contribution is 0.272. The molecule has 2 aromatic carbocycles. The third-order valence-corrected chi connectivity index (χ3v) is 5.13. The van der Waals surface area contributed by atoms with E-state index in [-0.39, 0.29) is 0 Å². The smallest absolute Gasteiger partial charge is 0.248 e. The molecule has 2 aromatic heterocycles. The first-order valence-corrected chi connectivity index (χ1v) is 10.4. The average Bonchev–Trinajstić information content (AvgIpc) is 3.31. The maximum atomic E-state index is 9.16. The van der Waals surface area contributed by atoms with Crippen LogP contribution >= 0.6 is 0 Å². The predicted molar refractivity (Wildman–Crippen MR) is 122 cm³/mol. The number of fused-ring (bicyclic) bond motifs is 2. The van der Waals surface area contributed by atoms with E-state index >= 15 is 0 Å². The van der Waals surface area contributed by atoms with Gasteiger partial charge in [-0.05, 0) is 24.3 Å². The molecule has 4 aromatic rings. The summed E-state index contributed by atoms with van der Waals surface area (Å²) < 4.78 is 19.3. The van der Waals surface area contributed by atoms with Gasteiger partial charge in [0.15, 0.2) is 17.3 Å². The second-order valence-corrected chi connectivity index (χ2v) is 7.30. The molecule has 0 unspecified atom stereocenters. The lowest BCUT2D eigenvalue weighted by Crippen LogP contribution is -2.10. The fraction of sp³-hybridized carbons (Fsp3) is 0.174. The van der Waals surface area contributed by atoms with E-state index < -0.39 is 0 Å². The third-order valence-electron chi connectivity index (χ3n) is 5.13. The van der Waals surface area contributed by atoms with Crippen molar-refractivity contribution in [1.82, 2.24) is 25.0 Å². The number of benzene rings is 2. The van der Waals surface area contributed by atoms with Crippen LogP contribution in [0.4, 0.5) is 17.2 Å². The van der Waals surface area contributed by atoms with Crippen LogP contribution in [0.25, 0.3) is 0 Å². The summed E-state index contributed by atoms with van der Waals surface area (Å²) in [5, 5.41) is 23.5. The molecule has 3 heterocycles. The molecule has 0 bridgehead atoms. The molecule has 11 nitrogen and oxygen atoms in total. The van der Waals surface area contributed by atoms with Gasteiger partial charge in [-0.1, -0.05) is 11.3 Å². The average molecular weight is 456 g/mol. The molecule has 2 N–H and O–H groups in total. The van der Waals surface area contributed by atoms with E-state index in [0.29, 0.717) is 59.9 Å². The van der Waals surface area contributed by atoms with Crippen molar-refractivity contribution in [2.24, 2.45) is 0 Å². The largest absolute Gasteiger partial charge is 0.493 e. The van der Waals surface area contributed by atoms with Crippen molar-refractivity contribution < 1.29 is 14.2 Å². The van der Waals surface area contributed by atoms with Crippen LogP contribution in [-0.2, 0) is 13.1 Å². The maximum Gasteiger partial charge on any atom is 0.248 e. The molecule has 0 saturated heterocycles. The van der Waals surface area contributed by atoms with Crippen molar-refractivity contribution in [3.8, 4) is 29.2 Å². The Kier molecular flexibility index (Phi) is 5.77. The van der Waals surface area contributed by atoms with Crippen LogP contribution in [0.1, 0.15) is 11.1 Å². The molecule has 170 valence electrons. The highest BCUT2D eigenvalue weighted by Gasteiger charge is 2.22. The van der Waals surface area contributed by atoms with E-state index in [1.165, 1.54) is 6.33 Å². The van der Waals surface area contributed by atoms with Gasteiger partial charge in [0, 0.05) is 30.1 Å². The Balaban J connectivity index is 1.38. The highest BCUT2D eigenvalue weighted by molar-refractivity contribution is 5.76. The van der Waals surface area contributed by atoms with Crippen LogP contribution in [0, 0.1) is 11.3 Å². The van der Waals surface area contributed by atoms with Gasteiger partial charge in [-0.25, -0.2) is 9.67 Å². The van der Waals surface area contributed by atoms with E-state index in [9.17, 15) is 0 Å². The Morgan fingerprint density at radius 1 is 1.24 bits per heavy atom. The number of hydrogen-bond acceptors (Lipinski definition) is 10. The van der Waals surface area contributed by atoms with Crippen molar-refractivity contribution in [2.75, 3.05) is 24.4 Å². The summed E-state index contributed by atoms with van der Waals surface area (Å²) in [6.45, 7) is 1.40. The van der Waals surface area contributed by atoms with Crippen LogP contribution < -0.4 is 24.8 Å². The number of methoxy groups -OCH3 is 1. The quantitative estimate of drug-likeness (QED) is 0.426. The number of ether oxygens (including phenoxy) is 3. The molecule has 0 aliphatic carbocycles. The molecule has 34 heavy (non-hydrogen) atoms. The van der Waals surface area contributed by atoms with E-state index in [2.05, 4.69) is 37.0 Å². The summed E-state index contributed by atoms with van der Waals surface area (Å²) in [6, 6.07) is 12.9. The summed E-state index contributed by atoms with van der Waals surface area (Å²) >= 11 is 0. The topological polar surface area (TPSA) is 132 Å². The molecule has 1 aliphatic heterocycles. The minimum absolute atomic E-state index is 0.370. The molecule has 0 saturated carbocycles. The third kappa shape index (κ3) is 4.37. The van der Waals surface area contributed by atoms with E-state index in [1.807, 2.05) is 12.1 Å². The van der Waals surface area contributed by atoms with E-state index in [0.717, 1.165) is 11.3 Å². The zero-order valence-corrected chi connectivity index (χ0v) is 18.2. The van der Waals surface area contributed by atoms with Gasteiger partial charge in [0.1, 0.15) is 24.4 Å². The van der Waals surface area contributed by atoms with Crippen molar-refractivity contribution >= 4 is 17.2 Å². The van der Waals surface area contributed by atoms with Crippen molar-refractivity contribution in [2.45, 2.75) is 13.1 Å². The Hall–Kier alpha value is -4.85. The van der Waals surface area contributed by atoms with E-state index in [4.69, 9.17) is 19.5 Å². The van der Waals surface area contributed by atoms with Crippen molar-refractivity contribution in [3.05, 3.63) is 66.2 Å². The molecule has 5 rings (SSSR count). The van der Waals surface area contributed by atoms with Crippen molar-refractivity contribution in [3.63, 3.8) is 0 Å². The summed E-state index contributed by atoms with van der Waals surface area (Å²) in [5.74, 6) is 2.64. The number of nitriles is 1. The fourth-order valence-corrected chi connectivity index (χ4v) is 3.48. The highest BCUT2D eigenvalue weighted by atomic mass is 16.5.